The molecule has 0 saturated heterocycles. The van der Waals surface area contributed by atoms with Crippen LogP contribution in [-0.2, 0) is 4.74 Å². The molecule has 1 aromatic rings. The SMILES string of the molecule is Cc1cc(C(=O)COCC(C)(C)N)ccc1F. The van der Waals surface area contributed by atoms with E-state index in [9.17, 15) is 9.18 Å². The molecule has 0 aliphatic heterocycles. The van der Waals surface area contributed by atoms with E-state index in [1.165, 1.54) is 18.2 Å². The van der Waals surface area contributed by atoms with Crippen LogP contribution in [0.1, 0.15) is 29.8 Å². The highest BCUT2D eigenvalue weighted by molar-refractivity contribution is 5.97. The topological polar surface area (TPSA) is 52.3 Å². The molecule has 0 amide bonds. The number of carbonyl (C=O) groups excluding carboxylic acids is 1. The number of ether oxygens (including phenoxy) is 1. The lowest BCUT2D eigenvalue weighted by atomic mass is 10.1. The van der Waals surface area contributed by atoms with Crippen LogP contribution in [0.15, 0.2) is 18.2 Å². The van der Waals surface area contributed by atoms with Crippen LogP contribution in [0.3, 0.4) is 0 Å². The number of hydrogen-bond donors (Lipinski definition) is 1. The summed E-state index contributed by atoms with van der Waals surface area (Å²) in [6.45, 7) is 5.53. The first-order valence-corrected chi connectivity index (χ1v) is 5.45. The molecule has 0 saturated carbocycles. The number of halogens is 1. The third kappa shape index (κ3) is 4.63. The highest BCUT2D eigenvalue weighted by Crippen LogP contribution is 2.10. The van der Waals surface area contributed by atoms with Crippen molar-refractivity contribution in [3.63, 3.8) is 0 Å². The highest BCUT2D eigenvalue weighted by Gasteiger charge is 2.13. The van der Waals surface area contributed by atoms with Crippen LogP contribution in [0.5, 0.6) is 0 Å². The average Bonchev–Trinajstić information content (AvgIpc) is 2.20. The molecule has 0 atom stereocenters. The van der Waals surface area contributed by atoms with Crippen LogP contribution in [0.25, 0.3) is 0 Å². The Morgan fingerprint density at radius 1 is 1.47 bits per heavy atom. The molecule has 94 valence electrons. The summed E-state index contributed by atoms with van der Waals surface area (Å²) in [6, 6.07) is 4.27. The van der Waals surface area contributed by atoms with Gasteiger partial charge in [0.25, 0.3) is 0 Å². The molecule has 17 heavy (non-hydrogen) atoms. The third-order valence-corrected chi connectivity index (χ3v) is 2.19. The Morgan fingerprint density at radius 3 is 2.65 bits per heavy atom. The van der Waals surface area contributed by atoms with Gasteiger partial charge >= 0.3 is 0 Å². The van der Waals surface area contributed by atoms with Crippen LogP contribution < -0.4 is 5.73 Å². The van der Waals surface area contributed by atoms with Crippen LogP contribution >= 0.6 is 0 Å². The fraction of sp³-hybridized carbons (Fsp3) is 0.462. The summed E-state index contributed by atoms with van der Waals surface area (Å²) >= 11 is 0. The summed E-state index contributed by atoms with van der Waals surface area (Å²) < 4.78 is 18.2. The summed E-state index contributed by atoms with van der Waals surface area (Å²) in [4.78, 5) is 11.7. The zero-order valence-electron chi connectivity index (χ0n) is 10.4. The number of aryl methyl sites for hydroxylation is 1. The highest BCUT2D eigenvalue weighted by atomic mass is 19.1. The Kier molecular flexibility index (Phi) is 4.37. The lowest BCUT2D eigenvalue weighted by Crippen LogP contribution is -2.38. The molecule has 0 radical (unpaired) electrons. The molecule has 0 spiro atoms. The molecule has 3 nitrogen and oxygen atoms in total. The van der Waals surface area contributed by atoms with Crippen molar-refractivity contribution in [1.29, 1.82) is 0 Å². The first kappa shape index (κ1) is 13.8. The van der Waals surface area contributed by atoms with Crippen LogP contribution in [0.2, 0.25) is 0 Å². The van der Waals surface area contributed by atoms with Crippen molar-refractivity contribution in [3.05, 3.63) is 35.1 Å². The van der Waals surface area contributed by atoms with Crippen molar-refractivity contribution in [2.45, 2.75) is 26.3 Å². The number of hydrogen-bond acceptors (Lipinski definition) is 3. The molecular formula is C13H18FNO2. The zero-order valence-corrected chi connectivity index (χ0v) is 10.4. The van der Waals surface area contributed by atoms with Gasteiger partial charge in [-0.1, -0.05) is 0 Å². The van der Waals surface area contributed by atoms with Gasteiger partial charge in [-0.15, -0.1) is 0 Å². The van der Waals surface area contributed by atoms with E-state index in [2.05, 4.69) is 0 Å². The van der Waals surface area contributed by atoms with Gasteiger partial charge in [0.05, 0.1) is 6.61 Å². The van der Waals surface area contributed by atoms with E-state index in [0.717, 1.165) is 0 Å². The molecule has 0 heterocycles. The van der Waals surface area contributed by atoms with E-state index in [-0.39, 0.29) is 18.2 Å². The van der Waals surface area contributed by atoms with Crippen molar-refractivity contribution in [3.8, 4) is 0 Å². The van der Waals surface area contributed by atoms with Crippen molar-refractivity contribution in [1.82, 2.24) is 0 Å². The molecular weight excluding hydrogens is 221 g/mol. The fourth-order valence-corrected chi connectivity index (χ4v) is 1.31. The molecule has 0 aromatic heterocycles. The van der Waals surface area contributed by atoms with E-state index < -0.39 is 5.54 Å². The van der Waals surface area contributed by atoms with E-state index in [4.69, 9.17) is 10.5 Å². The maximum absolute atomic E-state index is 13.0. The van der Waals surface area contributed by atoms with Crippen molar-refractivity contribution in [2.75, 3.05) is 13.2 Å². The molecule has 0 unspecified atom stereocenters. The average molecular weight is 239 g/mol. The van der Waals surface area contributed by atoms with Gasteiger partial charge in [0.1, 0.15) is 12.4 Å². The molecule has 2 N–H and O–H groups in total. The van der Waals surface area contributed by atoms with Crippen LogP contribution in [0.4, 0.5) is 4.39 Å². The van der Waals surface area contributed by atoms with Gasteiger partial charge in [-0.2, -0.15) is 0 Å². The minimum Gasteiger partial charge on any atom is -0.371 e. The van der Waals surface area contributed by atoms with Gasteiger partial charge in [-0.3, -0.25) is 4.79 Å². The first-order valence-electron chi connectivity index (χ1n) is 5.45. The number of benzene rings is 1. The molecule has 1 aromatic carbocycles. The second kappa shape index (κ2) is 5.38. The molecule has 0 aliphatic carbocycles. The van der Waals surface area contributed by atoms with Gasteiger partial charge < -0.3 is 10.5 Å². The Hall–Kier alpha value is -1.26. The molecule has 0 aliphatic rings. The van der Waals surface area contributed by atoms with E-state index in [0.29, 0.717) is 17.7 Å². The second-order valence-electron chi connectivity index (χ2n) is 4.87. The first-order chi connectivity index (χ1) is 7.79. The second-order valence-corrected chi connectivity index (χ2v) is 4.87. The Labute approximate surface area is 101 Å². The third-order valence-electron chi connectivity index (χ3n) is 2.19. The maximum Gasteiger partial charge on any atom is 0.188 e. The number of carbonyl (C=O) groups is 1. The Bertz CT molecular complexity index is 410. The molecule has 0 bridgehead atoms. The van der Waals surface area contributed by atoms with Gasteiger partial charge in [0.15, 0.2) is 5.78 Å². The number of ketones is 1. The number of nitrogens with two attached hydrogens (primary N) is 1. The predicted molar refractivity (Wildman–Crippen MR) is 64.6 cm³/mol. The van der Waals surface area contributed by atoms with Crippen molar-refractivity contribution >= 4 is 5.78 Å². The largest absolute Gasteiger partial charge is 0.371 e. The van der Waals surface area contributed by atoms with Crippen molar-refractivity contribution < 1.29 is 13.9 Å². The zero-order chi connectivity index (χ0) is 13.1. The number of Topliss-reactive ketones (excluding diaryl/α,β-unsaturated/α-hetero) is 1. The summed E-state index contributed by atoms with van der Waals surface area (Å²) in [7, 11) is 0. The monoisotopic (exact) mass is 239 g/mol. The fourth-order valence-electron chi connectivity index (χ4n) is 1.31. The molecule has 4 heteroatoms. The predicted octanol–water partition coefficient (Wildman–Crippen LogP) is 2.07. The smallest absolute Gasteiger partial charge is 0.188 e. The quantitative estimate of drug-likeness (QED) is 0.800. The molecule has 1 rings (SSSR count). The van der Waals surface area contributed by atoms with E-state index in [1.54, 1.807) is 6.92 Å². The van der Waals surface area contributed by atoms with E-state index >= 15 is 0 Å². The maximum atomic E-state index is 13.0. The Morgan fingerprint density at radius 2 is 2.12 bits per heavy atom. The van der Waals surface area contributed by atoms with Gasteiger partial charge in [0.2, 0.25) is 0 Å². The minimum absolute atomic E-state index is 0.0360. The lowest BCUT2D eigenvalue weighted by molar-refractivity contribution is 0.0670. The number of rotatable bonds is 5. The lowest BCUT2D eigenvalue weighted by Gasteiger charge is -2.17. The molecule has 0 fully saturated rings. The normalized spacial score (nSPS) is 11.6. The van der Waals surface area contributed by atoms with E-state index in [1.807, 2.05) is 13.8 Å². The minimum atomic E-state index is -0.459. The van der Waals surface area contributed by atoms with Gasteiger partial charge in [0, 0.05) is 11.1 Å². The summed E-state index contributed by atoms with van der Waals surface area (Å²) in [5, 5.41) is 0. The standard InChI is InChI=1S/C13H18FNO2/c1-9-6-10(4-5-11(9)14)12(16)7-17-8-13(2,3)15/h4-6H,7-8,15H2,1-3H3. The van der Waals surface area contributed by atoms with Gasteiger partial charge in [-0.05, 0) is 44.5 Å². The van der Waals surface area contributed by atoms with Gasteiger partial charge in [-0.25, -0.2) is 4.39 Å². The Balaban J connectivity index is 2.56. The van der Waals surface area contributed by atoms with Crippen molar-refractivity contribution in [2.24, 2.45) is 5.73 Å². The summed E-state index contributed by atoms with van der Waals surface area (Å²) in [5.74, 6) is -0.483. The van der Waals surface area contributed by atoms with Crippen LogP contribution in [-0.4, -0.2) is 24.5 Å². The summed E-state index contributed by atoms with van der Waals surface area (Å²) in [6.07, 6.45) is 0. The van der Waals surface area contributed by atoms with Crippen LogP contribution in [0, 0.1) is 12.7 Å². The summed E-state index contributed by atoms with van der Waals surface area (Å²) in [5.41, 5.74) is 6.17.